The Kier molecular flexibility index (Phi) is 3.83. The smallest absolute Gasteiger partial charge is 0.193 e. The van der Waals surface area contributed by atoms with Gasteiger partial charge in [0.1, 0.15) is 0 Å². The number of nitrogens with zero attached hydrogens (tertiary/aromatic N) is 2. The normalized spacial score (nSPS) is 9.39. The number of aryl methyl sites for hydroxylation is 1. The van der Waals surface area contributed by atoms with Crippen molar-refractivity contribution in [3.63, 3.8) is 0 Å². The molecular formula is C15H12N2O. The maximum absolute atomic E-state index is 10.1. The third kappa shape index (κ3) is 2.80. The van der Waals surface area contributed by atoms with E-state index in [2.05, 4.69) is 28.7 Å². The van der Waals surface area contributed by atoms with E-state index in [-0.39, 0.29) is 0 Å². The fourth-order valence-corrected chi connectivity index (χ4v) is 1.50. The average Bonchev–Trinajstić information content (AvgIpc) is 2.46. The summed E-state index contributed by atoms with van der Waals surface area (Å²) in [4.78, 5) is 18.7. The van der Waals surface area contributed by atoms with E-state index in [0.717, 1.165) is 23.1 Å². The molecule has 0 atom stereocenters. The van der Waals surface area contributed by atoms with Crippen LogP contribution in [0, 0.1) is 11.8 Å². The van der Waals surface area contributed by atoms with Gasteiger partial charge < -0.3 is 0 Å². The van der Waals surface area contributed by atoms with Crippen LogP contribution in [0.4, 0.5) is 0 Å². The van der Waals surface area contributed by atoms with Crippen LogP contribution in [0.5, 0.6) is 0 Å². The van der Waals surface area contributed by atoms with Gasteiger partial charge in [-0.3, -0.25) is 4.79 Å². The van der Waals surface area contributed by atoms with Gasteiger partial charge in [-0.1, -0.05) is 12.8 Å². The van der Waals surface area contributed by atoms with Crippen molar-refractivity contribution in [3.05, 3.63) is 47.8 Å². The SMILES string of the molecule is CCc1cnc(-c2ccc(C#CC=O)cc2)nc1. The minimum absolute atomic E-state index is 0.584. The molecule has 0 saturated heterocycles. The van der Waals surface area contributed by atoms with Gasteiger partial charge in [-0.2, -0.15) is 0 Å². The molecular weight excluding hydrogens is 224 g/mol. The maximum Gasteiger partial charge on any atom is 0.193 e. The van der Waals surface area contributed by atoms with E-state index in [0.29, 0.717) is 12.1 Å². The first-order chi connectivity index (χ1) is 8.83. The van der Waals surface area contributed by atoms with Crippen LogP contribution in [0.15, 0.2) is 36.7 Å². The summed E-state index contributed by atoms with van der Waals surface area (Å²) in [6.07, 6.45) is 5.19. The van der Waals surface area contributed by atoms with E-state index in [1.54, 1.807) is 0 Å². The fourth-order valence-electron chi connectivity index (χ4n) is 1.50. The monoisotopic (exact) mass is 236 g/mol. The zero-order chi connectivity index (χ0) is 12.8. The first-order valence-corrected chi connectivity index (χ1v) is 5.70. The molecule has 1 aromatic carbocycles. The highest BCUT2D eigenvalue weighted by molar-refractivity contribution is 5.74. The molecule has 0 aliphatic rings. The Morgan fingerprint density at radius 3 is 2.39 bits per heavy atom. The quantitative estimate of drug-likeness (QED) is 0.593. The molecule has 18 heavy (non-hydrogen) atoms. The van der Waals surface area contributed by atoms with Crippen LogP contribution in [0.2, 0.25) is 0 Å². The molecule has 0 fully saturated rings. The fraction of sp³-hybridized carbons (Fsp3) is 0.133. The van der Waals surface area contributed by atoms with Crippen LogP contribution in [-0.4, -0.2) is 16.3 Å². The van der Waals surface area contributed by atoms with Crippen LogP contribution in [0.1, 0.15) is 18.1 Å². The average molecular weight is 236 g/mol. The predicted molar refractivity (Wildman–Crippen MR) is 69.8 cm³/mol. The molecule has 0 unspecified atom stereocenters. The number of hydrogen-bond donors (Lipinski definition) is 0. The van der Waals surface area contributed by atoms with Crippen molar-refractivity contribution in [3.8, 4) is 23.2 Å². The van der Waals surface area contributed by atoms with Crippen LogP contribution >= 0.6 is 0 Å². The molecule has 0 aliphatic carbocycles. The van der Waals surface area contributed by atoms with Gasteiger partial charge >= 0.3 is 0 Å². The van der Waals surface area contributed by atoms with Gasteiger partial charge in [0.25, 0.3) is 0 Å². The first kappa shape index (κ1) is 12.0. The van der Waals surface area contributed by atoms with Gasteiger partial charge in [-0.25, -0.2) is 9.97 Å². The second-order valence-corrected chi connectivity index (χ2v) is 3.73. The zero-order valence-electron chi connectivity index (χ0n) is 10.1. The van der Waals surface area contributed by atoms with Crippen LogP contribution < -0.4 is 0 Å². The molecule has 0 saturated carbocycles. The lowest BCUT2D eigenvalue weighted by Crippen LogP contribution is -1.91. The molecule has 3 heteroatoms. The minimum Gasteiger partial charge on any atom is -0.289 e. The summed E-state index contributed by atoms with van der Waals surface area (Å²) in [5.41, 5.74) is 2.86. The largest absolute Gasteiger partial charge is 0.289 e. The number of hydrogen-bond acceptors (Lipinski definition) is 3. The summed E-state index contributed by atoms with van der Waals surface area (Å²) in [5, 5.41) is 0. The van der Waals surface area contributed by atoms with Crippen molar-refractivity contribution in [2.45, 2.75) is 13.3 Å². The van der Waals surface area contributed by atoms with Crippen molar-refractivity contribution in [2.24, 2.45) is 0 Å². The Hall–Kier alpha value is -2.47. The number of carbonyl (C=O) groups is 1. The van der Waals surface area contributed by atoms with Crippen LogP contribution in [0.3, 0.4) is 0 Å². The van der Waals surface area contributed by atoms with Crippen molar-refractivity contribution in [1.29, 1.82) is 0 Å². The standard InChI is InChI=1S/C15H12N2O/c1-2-12-10-16-15(17-11-12)14-7-5-13(6-8-14)4-3-9-18/h5-11H,2H2,1H3. The van der Waals surface area contributed by atoms with E-state index in [9.17, 15) is 4.79 Å². The third-order valence-corrected chi connectivity index (χ3v) is 2.53. The summed E-state index contributed by atoms with van der Waals surface area (Å²) < 4.78 is 0. The lowest BCUT2D eigenvalue weighted by atomic mass is 10.1. The number of aromatic nitrogens is 2. The maximum atomic E-state index is 10.1. The summed E-state index contributed by atoms with van der Waals surface area (Å²) >= 11 is 0. The van der Waals surface area contributed by atoms with Crippen molar-refractivity contribution >= 4 is 6.29 Å². The third-order valence-electron chi connectivity index (χ3n) is 2.53. The molecule has 1 heterocycles. The number of benzene rings is 1. The van der Waals surface area contributed by atoms with Gasteiger partial charge in [0.15, 0.2) is 12.1 Å². The van der Waals surface area contributed by atoms with Crippen molar-refractivity contribution < 1.29 is 4.79 Å². The molecule has 3 nitrogen and oxygen atoms in total. The highest BCUT2D eigenvalue weighted by atomic mass is 16.1. The Bertz CT molecular complexity index is 589. The molecule has 0 amide bonds. The van der Waals surface area contributed by atoms with Gasteiger partial charge in [-0.05, 0) is 42.2 Å². The number of aldehydes is 1. The van der Waals surface area contributed by atoms with Gasteiger partial charge in [-0.15, -0.1) is 0 Å². The molecule has 0 bridgehead atoms. The Morgan fingerprint density at radius 1 is 1.17 bits per heavy atom. The molecule has 0 N–H and O–H groups in total. The summed E-state index contributed by atoms with van der Waals surface area (Å²) in [6.45, 7) is 2.07. The molecule has 2 aromatic rings. The Labute approximate surface area is 106 Å². The lowest BCUT2D eigenvalue weighted by molar-refractivity contribution is -0.103. The van der Waals surface area contributed by atoms with E-state index < -0.39 is 0 Å². The second kappa shape index (κ2) is 5.74. The molecule has 88 valence electrons. The van der Waals surface area contributed by atoms with Gasteiger partial charge in [0, 0.05) is 23.5 Å². The number of carbonyl (C=O) groups excluding carboxylic acids is 1. The topological polar surface area (TPSA) is 42.9 Å². The van der Waals surface area contributed by atoms with Crippen molar-refractivity contribution in [1.82, 2.24) is 9.97 Å². The number of rotatable bonds is 2. The Morgan fingerprint density at radius 2 is 1.83 bits per heavy atom. The second-order valence-electron chi connectivity index (χ2n) is 3.73. The van der Waals surface area contributed by atoms with E-state index in [1.807, 2.05) is 36.7 Å². The molecule has 0 radical (unpaired) electrons. The molecule has 2 rings (SSSR count). The van der Waals surface area contributed by atoms with Crippen LogP contribution in [-0.2, 0) is 11.2 Å². The summed E-state index contributed by atoms with van der Waals surface area (Å²) in [7, 11) is 0. The Balaban J connectivity index is 2.25. The highest BCUT2D eigenvalue weighted by Gasteiger charge is 2.00. The minimum atomic E-state index is 0.584. The zero-order valence-corrected chi connectivity index (χ0v) is 10.1. The van der Waals surface area contributed by atoms with E-state index in [4.69, 9.17) is 0 Å². The first-order valence-electron chi connectivity index (χ1n) is 5.70. The summed E-state index contributed by atoms with van der Waals surface area (Å²) in [6, 6.07) is 7.50. The van der Waals surface area contributed by atoms with Crippen molar-refractivity contribution in [2.75, 3.05) is 0 Å². The molecule has 1 aromatic heterocycles. The van der Waals surface area contributed by atoms with Crippen LogP contribution in [0.25, 0.3) is 11.4 Å². The highest BCUT2D eigenvalue weighted by Crippen LogP contribution is 2.15. The van der Waals surface area contributed by atoms with Gasteiger partial charge in [0.2, 0.25) is 0 Å². The van der Waals surface area contributed by atoms with E-state index >= 15 is 0 Å². The van der Waals surface area contributed by atoms with E-state index in [1.165, 1.54) is 0 Å². The molecule has 0 spiro atoms. The molecule has 0 aliphatic heterocycles. The van der Waals surface area contributed by atoms with Gasteiger partial charge in [0.05, 0.1) is 0 Å². The lowest BCUT2D eigenvalue weighted by Gasteiger charge is -2.01. The predicted octanol–water partition coefficient (Wildman–Crippen LogP) is 2.26. The summed E-state index contributed by atoms with van der Waals surface area (Å²) in [5.74, 6) is 5.81.